The van der Waals surface area contributed by atoms with Crippen LogP contribution in [0.5, 0.6) is 0 Å². The summed E-state index contributed by atoms with van der Waals surface area (Å²) in [5, 5.41) is 4.04. The fourth-order valence-electron chi connectivity index (χ4n) is 1.42. The Kier molecular flexibility index (Phi) is 2.33. The molecular weight excluding hydrogens is 190 g/mol. The Morgan fingerprint density at radius 2 is 2.20 bits per heavy atom. The molecule has 0 bridgehead atoms. The minimum atomic E-state index is 0.425. The van der Waals surface area contributed by atoms with Crippen molar-refractivity contribution in [2.45, 2.75) is 6.92 Å². The molecule has 0 fully saturated rings. The second-order valence-electron chi connectivity index (χ2n) is 3.44. The third-order valence-electron chi connectivity index (χ3n) is 2.16. The number of hydrogen-bond donors (Lipinski definition) is 0. The van der Waals surface area contributed by atoms with Crippen molar-refractivity contribution in [2.75, 3.05) is 0 Å². The van der Waals surface area contributed by atoms with Crippen molar-refractivity contribution in [3.05, 3.63) is 35.8 Å². The molecule has 0 saturated heterocycles. The van der Waals surface area contributed by atoms with Crippen molar-refractivity contribution in [3.8, 4) is 11.3 Å². The van der Waals surface area contributed by atoms with Gasteiger partial charge in [-0.2, -0.15) is 5.10 Å². The van der Waals surface area contributed by atoms with Crippen molar-refractivity contribution in [3.63, 3.8) is 0 Å². The molecule has 0 aliphatic carbocycles. The molecule has 4 heteroatoms. The van der Waals surface area contributed by atoms with E-state index in [1.807, 2.05) is 19.1 Å². The van der Waals surface area contributed by atoms with Gasteiger partial charge in [-0.1, -0.05) is 6.07 Å². The van der Waals surface area contributed by atoms with E-state index in [4.69, 9.17) is 0 Å². The quantitative estimate of drug-likeness (QED) is 0.693. The van der Waals surface area contributed by atoms with Crippen LogP contribution in [0.3, 0.4) is 0 Å². The zero-order valence-corrected chi connectivity index (χ0v) is 8.64. The molecule has 15 heavy (non-hydrogen) atoms. The smallest absolute Gasteiger partial charge is 0.171 e. The number of hydrogen-bond acceptors (Lipinski definition) is 3. The first-order valence-electron chi connectivity index (χ1n) is 4.62. The summed E-state index contributed by atoms with van der Waals surface area (Å²) in [7, 11) is 1.78. The second-order valence-corrected chi connectivity index (χ2v) is 3.44. The Bertz CT molecular complexity index is 485. The summed E-state index contributed by atoms with van der Waals surface area (Å²) in [4.78, 5) is 15.0. The maximum Gasteiger partial charge on any atom is 0.171 e. The minimum Gasteiger partial charge on any atom is -0.296 e. The highest BCUT2D eigenvalue weighted by molar-refractivity contribution is 5.83. The van der Waals surface area contributed by atoms with Gasteiger partial charge in [0.2, 0.25) is 0 Å². The maximum absolute atomic E-state index is 10.8. The third kappa shape index (κ3) is 1.79. The number of carbonyl (C=O) groups is 1. The lowest BCUT2D eigenvalue weighted by Crippen LogP contribution is -1.89. The van der Waals surface area contributed by atoms with E-state index in [-0.39, 0.29) is 0 Å². The van der Waals surface area contributed by atoms with Crippen molar-refractivity contribution in [1.29, 1.82) is 0 Å². The Labute approximate surface area is 87.6 Å². The molecule has 0 aliphatic heterocycles. The summed E-state index contributed by atoms with van der Waals surface area (Å²) >= 11 is 0. The van der Waals surface area contributed by atoms with Gasteiger partial charge in [0.05, 0.1) is 5.69 Å². The summed E-state index contributed by atoms with van der Waals surface area (Å²) in [5.74, 6) is 0. The highest BCUT2D eigenvalue weighted by Crippen LogP contribution is 2.19. The number of nitrogens with zero attached hydrogens (tertiary/aromatic N) is 3. The van der Waals surface area contributed by atoms with Gasteiger partial charge in [0, 0.05) is 25.0 Å². The number of carbonyl (C=O) groups excluding carboxylic acids is 1. The van der Waals surface area contributed by atoms with E-state index < -0.39 is 0 Å². The van der Waals surface area contributed by atoms with Crippen LogP contribution in [0.15, 0.2) is 24.5 Å². The van der Waals surface area contributed by atoms with Crippen molar-refractivity contribution < 1.29 is 4.79 Å². The van der Waals surface area contributed by atoms with Crippen molar-refractivity contribution in [1.82, 2.24) is 14.8 Å². The summed E-state index contributed by atoms with van der Waals surface area (Å²) in [6.07, 6.45) is 4.31. The van der Waals surface area contributed by atoms with E-state index in [0.29, 0.717) is 5.69 Å². The number of rotatable bonds is 2. The van der Waals surface area contributed by atoms with Gasteiger partial charge >= 0.3 is 0 Å². The van der Waals surface area contributed by atoms with E-state index >= 15 is 0 Å². The fraction of sp³-hybridized carbons (Fsp3) is 0.182. The highest BCUT2D eigenvalue weighted by atomic mass is 16.1. The molecular formula is C11H11N3O. The lowest BCUT2D eigenvalue weighted by Gasteiger charge is -1.97. The number of aryl methyl sites for hydroxylation is 2. The van der Waals surface area contributed by atoms with Gasteiger partial charge in [-0.3, -0.25) is 14.5 Å². The average Bonchev–Trinajstić information content (AvgIpc) is 2.61. The second kappa shape index (κ2) is 3.65. The molecule has 0 N–H and O–H groups in total. The Hall–Kier alpha value is -1.97. The molecule has 2 aromatic rings. The molecule has 4 nitrogen and oxygen atoms in total. The maximum atomic E-state index is 10.8. The molecule has 0 unspecified atom stereocenters. The van der Waals surface area contributed by atoms with Gasteiger partial charge in [-0.15, -0.1) is 0 Å². The first-order valence-corrected chi connectivity index (χ1v) is 4.62. The van der Waals surface area contributed by atoms with Gasteiger partial charge in [-0.05, 0) is 18.6 Å². The van der Waals surface area contributed by atoms with Gasteiger partial charge in [0.1, 0.15) is 5.69 Å². The molecule has 76 valence electrons. The van der Waals surface area contributed by atoms with Gasteiger partial charge < -0.3 is 0 Å². The lowest BCUT2D eigenvalue weighted by molar-refractivity contribution is 0.111. The van der Waals surface area contributed by atoms with Crippen LogP contribution in [0, 0.1) is 6.92 Å². The monoisotopic (exact) mass is 201 g/mol. The van der Waals surface area contributed by atoms with Crippen LogP contribution >= 0.6 is 0 Å². The predicted molar refractivity (Wildman–Crippen MR) is 56.6 cm³/mol. The topological polar surface area (TPSA) is 47.8 Å². The molecule has 0 radical (unpaired) electrons. The third-order valence-corrected chi connectivity index (χ3v) is 2.16. The number of aromatic nitrogens is 3. The standard InChI is InChI=1S/C11H11N3O/c1-8-3-4-10(12-5-8)9-6-14(2)13-11(9)7-15/h3-7H,1-2H3. The van der Waals surface area contributed by atoms with Crippen molar-refractivity contribution >= 4 is 6.29 Å². The first-order chi connectivity index (χ1) is 7.20. The van der Waals surface area contributed by atoms with Crippen LogP contribution in [0.25, 0.3) is 11.3 Å². The molecule has 0 saturated carbocycles. The molecule has 2 rings (SSSR count). The van der Waals surface area contributed by atoms with Crippen LogP contribution in [-0.4, -0.2) is 21.1 Å². The normalized spacial score (nSPS) is 10.3. The summed E-state index contributed by atoms with van der Waals surface area (Å²) in [6.45, 7) is 1.97. The highest BCUT2D eigenvalue weighted by Gasteiger charge is 2.09. The van der Waals surface area contributed by atoms with Crippen LogP contribution in [0.1, 0.15) is 16.1 Å². The van der Waals surface area contributed by atoms with E-state index in [1.54, 1.807) is 24.1 Å². The molecule has 2 aromatic heterocycles. The molecule has 0 spiro atoms. The zero-order valence-electron chi connectivity index (χ0n) is 8.64. The van der Waals surface area contributed by atoms with E-state index in [2.05, 4.69) is 10.1 Å². The predicted octanol–water partition coefficient (Wildman–Crippen LogP) is 1.60. The number of pyridine rings is 1. The van der Waals surface area contributed by atoms with E-state index in [9.17, 15) is 4.79 Å². The molecule has 0 atom stereocenters. The Balaban J connectivity index is 2.52. The van der Waals surface area contributed by atoms with Gasteiger partial charge in [0.15, 0.2) is 6.29 Å². The summed E-state index contributed by atoms with van der Waals surface area (Å²) < 4.78 is 1.61. The van der Waals surface area contributed by atoms with Gasteiger partial charge in [0.25, 0.3) is 0 Å². The molecule has 0 amide bonds. The van der Waals surface area contributed by atoms with Crippen LogP contribution in [0.4, 0.5) is 0 Å². The minimum absolute atomic E-state index is 0.425. The van der Waals surface area contributed by atoms with Crippen LogP contribution in [-0.2, 0) is 7.05 Å². The van der Waals surface area contributed by atoms with E-state index in [1.165, 1.54) is 0 Å². The largest absolute Gasteiger partial charge is 0.296 e. The molecule has 2 heterocycles. The SMILES string of the molecule is Cc1ccc(-c2cn(C)nc2C=O)nc1. The average molecular weight is 201 g/mol. The molecule has 0 aliphatic rings. The molecule has 0 aromatic carbocycles. The first kappa shape index (κ1) is 9.58. The Morgan fingerprint density at radius 3 is 2.80 bits per heavy atom. The lowest BCUT2D eigenvalue weighted by atomic mass is 10.1. The fourth-order valence-corrected chi connectivity index (χ4v) is 1.42. The van der Waals surface area contributed by atoms with Crippen LogP contribution < -0.4 is 0 Å². The Morgan fingerprint density at radius 1 is 1.40 bits per heavy atom. The van der Waals surface area contributed by atoms with Crippen LogP contribution in [0.2, 0.25) is 0 Å². The van der Waals surface area contributed by atoms with Gasteiger partial charge in [-0.25, -0.2) is 0 Å². The van der Waals surface area contributed by atoms with E-state index in [0.717, 1.165) is 23.1 Å². The zero-order chi connectivity index (χ0) is 10.8. The summed E-state index contributed by atoms with van der Waals surface area (Å²) in [5.41, 5.74) is 3.06. The summed E-state index contributed by atoms with van der Waals surface area (Å²) in [6, 6.07) is 3.85. The number of aldehydes is 1. The van der Waals surface area contributed by atoms with Crippen molar-refractivity contribution in [2.24, 2.45) is 7.05 Å².